The van der Waals surface area contributed by atoms with Gasteiger partial charge in [0.1, 0.15) is 0 Å². The molecule has 0 bridgehead atoms. The van der Waals surface area contributed by atoms with Crippen LogP contribution in [-0.4, -0.2) is 155 Å². The first kappa shape index (κ1) is 202. The van der Waals surface area contributed by atoms with Gasteiger partial charge in [0.25, 0.3) is 71.6 Å². The number of aliphatic carboxylic acids is 14. The van der Waals surface area contributed by atoms with Crippen LogP contribution in [0.2, 0.25) is 0 Å². The number of rotatable bonds is 0. The predicted octanol–water partition coefficient (Wildman–Crippen LogP) is 11.9. The topological polar surface area (TPSA) is 757 Å². The zero-order valence-corrected chi connectivity index (χ0v) is 62.5. The maximum atomic E-state index is 9.10. The SMILES string of the molecule is CC(=O)O.CC(=O)O.CC(=O)O.CC(=O)O.CC(=O)O.CC(=O)O.CC(=O)O.CC(=O)O.CC(=O)O.CC(=O)O.CC(=O)O.CC(=O)O.O=C(O)C(=O)O.[CH3-].[CH3-].[CH3-].[CH3-].[Cl][Pt+2][Cl].[Cl][Pt+2][Cl].[Cl][Pt].[Cl][Pt][Cl].[NH2-].[NH2-].[NH2-].[NH2-].[NH2-].[NH2-].[NH2-].[Pt].[Pt]. The van der Waals surface area contributed by atoms with E-state index in [0.29, 0.717) is 0 Å². The van der Waals surface area contributed by atoms with E-state index in [0.717, 1.165) is 83.1 Å². The molecule has 35 nitrogen and oxygen atoms in total. The Morgan fingerprint density at radius 3 is 0.282 bits per heavy atom. The van der Waals surface area contributed by atoms with Crippen LogP contribution in [0.3, 0.4) is 0 Å². The first-order valence-electron chi connectivity index (χ1n) is 13.1. The molecule has 0 atom stereocenters. The molecule has 515 valence electrons. The maximum absolute atomic E-state index is 9.10. The number of hydrogen-bond acceptors (Lipinski definition) is 14. The first-order valence-corrected chi connectivity index (χ1v) is 32.8. The van der Waals surface area contributed by atoms with Crippen molar-refractivity contribution in [2.24, 2.45) is 0 Å². The number of nitrogens with two attached hydrogens (primary N) is 7. The van der Waals surface area contributed by atoms with E-state index in [1.165, 1.54) is 0 Å². The number of carboxylic acids is 14. The largest absolute Gasteiger partial charge is 0.693 e. The van der Waals surface area contributed by atoms with E-state index in [4.69, 9.17) is 195 Å². The second kappa shape index (κ2) is 222. The van der Waals surface area contributed by atoms with Crippen molar-refractivity contribution in [3.63, 3.8) is 0 Å². The molecule has 0 saturated carbocycles. The first-order chi connectivity index (χ1) is 28.7. The van der Waals surface area contributed by atoms with Crippen molar-refractivity contribution in [2.75, 3.05) is 0 Å². The summed E-state index contributed by atoms with van der Waals surface area (Å²) in [6.07, 6.45) is 0. The molecule has 28 N–H and O–H groups in total. The Hall–Kier alpha value is -1.54. The normalized spacial score (nSPS) is 5.35. The fourth-order valence-electron chi connectivity index (χ4n) is 0. The Kier molecular flexibility index (Phi) is 573. The smallest absolute Gasteiger partial charge is 0 e. The molecule has 0 radical (unpaired) electrons. The van der Waals surface area contributed by atoms with Crippen molar-refractivity contribution < 1.29 is 249 Å². The summed E-state index contributed by atoms with van der Waals surface area (Å²) in [5, 5.41) is 104. The van der Waals surface area contributed by atoms with Gasteiger partial charge in [-0.15, -0.1) is 0 Å². The fraction of sp³-hybridized carbons (Fsp3) is 0.400. The van der Waals surface area contributed by atoms with Gasteiger partial charge in [-0.2, -0.15) is 0 Å². The van der Waals surface area contributed by atoms with E-state index in [9.17, 15) is 0 Å². The van der Waals surface area contributed by atoms with E-state index < -0.39 is 133 Å². The van der Waals surface area contributed by atoms with Gasteiger partial charge >= 0.3 is 146 Å². The van der Waals surface area contributed by atoms with E-state index in [-0.39, 0.29) is 115 Å². The third-order valence-electron chi connectivity index (χ3n) is 0.183. The number of carboxylic acid groups (broad SMARTS) is 14. The van der Waals surface area contributed by atoms with Crippen molar-refractivity contribution in [1.82, 2.24) is 0 Å². The quantitative estimate of drug-likeness (QED) is 0.0791. The van der Waals surface area contributed by atoms with Crippen LogP contribution in [0.25, 0.3) is 43.1 Å². The Balaban J connectivity index is -0.0000000111. The predicted molar refractivity (Wildman–Crippen MR) is 279 cm³/mol. The van der Waals surface area contributed by atoms with Gasteiger partial charge in [0.05, 0.1) is 0 Å². The van der Waals surface area contributed by atoms with Crippen molar-refractivity contribution >= 4 is 149 Å². The van der Waals surface area contributed by atoms with Gasteiger partial charge in [-0.1, -0.05) is 0 Å². The second-order valence-corrected chi connectivity index (χ2v) is 16.8. The van der Waals surface area contributed by atoms with Crippen LogP contribution in [0, 0.1) is 29.7 Å². The van der Waals surface area contributed by atoms with Crippen LogP contribution >= 0.6 is 65.9 Å². The molecule has 0 fully saturated rings. The standard InChI is InChI=1S/C2H2O4.12C2H4O2.4CH3.7ClH.7H2N.6Pt/c3-1(4)2(5)6;12*1-2(3)4;;;;;;;;;;;;;;;;;;;;;;;;/h(H,3,4)(H,5,6);12*1H3,(H,3,4);4*1H3;7*1H;7*1H2;;;;;;/q;;;;;;;;;;;;;4*-1;;;;;;;;7*-1;;;+1;+2;2*+4/p-7. The van der Waals surface area contributed by atoms with Crippen LogP contribution < -0.4 is 0 Å². The second-order valence-electron chi connectivity index (χ2n) is 6.97. The molecule has 78 heavy (non-hydrogen) atoms. The molecule has 0 aromatic carbocycles. The summed E-state index contributed by atoms with van der Waals surface area (Å²) in [4.78, 5) is 126. The monoisotopic (exact) mass is 2400 g/mol. The molecule has 0 aliphatic rings. The molecule has 0 saturated heterocycles. The number of halogens is 7. The summed E-state index contributed by atoms with van der Waals surface area (Å²) in [5.41, 5.74) is 0. The van der Waals surface area contributed by atoms with E-state index in [2.05, 4.69) is 9.42 Å². The van der Waals surface area contributed by atoms with E-state index in [1.807, 2.05) is 0 Å². The minimum atomic E-state index is -1.82. The summed E-state index contributed by atoms with van der Waals surface area (Å²) in [6.45, 7) is 13.0. The van der Waals surface area contributed by atoms with Gasteiger partial charge in [0.2, 0.25) is 0 Å². The third-order valence-corrected chi connectivity index (χ3v) is 0.183. The average molecular weight is 2400 g/mol. The zero-order valence-electron chi connectivity index (χ0n) is 43.6. The molecule has 0 aliphatic carbocycles. The van der Waals surface area contributed by atoms with Crippen LogP contribution in [-0.2, 0) is 177 Å². The van der Waals surface area contributed by atoms with Crippen LogP contribution in [0.4, 0.5) is 0 Å². The van der Waals surface area contributed by atoms with Crippen molar-refractivity contribution in [1.29, 1.82) is 0 Å². The molecular weight excluding hydrogens is 2320 g/mol. The molecular formula is C30H76Cl7N7O28Pt6-7. The average Bonchev–Trinajstić information content (AvgIpc) is 2.96. The maximum Gasteiger partial charge on any atom is 0 e. The number of hydrogen-bond donors (Lipinski definition) is 14. The molecule has 0 amide bonds. The molecule has 0 spiro atoms. The van der Waals surface area contributed by atoms with Gasteiger partial charge in [-0.3, -0.25) is 57.5 Å². The summed E-state index contributed by atoms with van der Waals surface area (Å²) >= 11 is 0.194. The van der Waals surface area contributed by atoms with Gasteiger partial charge < -0.3 is 144 Å². The van der Waals surface area contributed by atoms with Crippen LogP contribution in [0.5, 0.6) is 0 Å². The van der Waals surface area contributed by atoms with Crippen LogP contribution in [0.15, 0.2) is 0 Å². The minimum Gasteiger partial charge on any atom is -0.693 e. The van der Waals surface area contributed by atoms with Gasteiger partial charge in [-0.25, -0.2) is 9.59 Å². The summed E-state index contributed by atoms with van der Waals surface area (Å²) < 4.78 is 0. The Morgan fingerprint density at radius 1 is 0.269 bits per heavy atom. The van der Waals surface area contributed by atoms with Gasteiger partial charge in [0, 0.05) is 125 Å². The molecule has 0 rings (SSSR count). The Morgan fingerprint density at radius 2 is 0.282 bits per heavy atom. The Bertz CT molecular complexity index is 896. The van der Waals surface area contributed by atoms with Crippen molar-refractivity contribution in [2.45, 2.75) is 83.1 Å². The van der Waals surface area contributed by atoms with Gasteiger partial charge in [-0.05, 0) is 0 Å². The minimum absolute atomic E-state index is 0. The summed E-state index contributed by atoms with van der Waals surface area (Å²) in [6, 6.07) is 0. The molecule has 0 aliphatic heterocycles. The molecule has 0 aromatic rings. The molecule has 48 heteroatoms. The zero-order chi connectivity index (χ0) is 58.2. The molecule has 0 unspecified atom stereocenters. The Labute approximate surface area is 548 Å². The number of carbonyl (C=O) groups is 14. The molecule has 0 aromatic heterocycles. The van der Waals surface area contributed by atoms with E-state index >= 15 is 0 Å². The van der Waals surface area contributed by atoms with Gasteiger partial charge in [0.15, 0.2) is 0 Å². The summed E-state index contributed by atoms with van der Waals surface area (Å²) in [7, 11) is 33.9. The third kappa shape index (κ3) is 66400. The van der Waals surface area contributed by atoms with E-state index in [1.54, 1.807) is 18.8 Å². The van der Waals surface area contributed by atoms with Crippen LogP contribution in [0.1, 0.15) is 83.1 Å². The summed E-state index contributed by atoms with van der Waals surface area (Å²) in [5.74, 6) is -13.6. The fourth-order valence-corrected chi connectivity index (χ4v) is 0. The van der Waals surface area contributed by atoms with Crippen molar-refractivity contribution in [3.8, 4) is 0 Å². The van der Waals surface area contributed by atoms with Crippen molar-refractivity contribution in [3.05, 3.63) is 72.8 Å². The molecule has 0 heterocycles.